The van der Waals surface area contributed by atoms with Crippen molar-refractivity contribution in [3.63, 3.8) is 0 Å². The molecule has 0 fully saturated rings. The van der Waals surface area contributed by atoms with Gasteiger partial charge in [-0.25, -0.2) is 13.9 Å². The minimum atomic E-state index is -4.89. The van der Waals surface area contributed by atoms with Crippen LogP contribution >= 0.6 is 7.82 Å². The van der Waals surface area contributed by atoms with Crippen LogP contribution in [0.4, 0.5) is 10.2 Å². The van der Waals surface area contributed by atoms with E-state index in [0.717, 1.165) is 5.56 Å². The standard InChI is InChI=1S/C21H18FN4O6P/c22-17-5-1-2-6-18(17)31-20-8-7-14(12-24-20)10-15-11-19(32-25-15)16-4-3-9-26(21(16)23)13-30-33(27,28)29/h1-9,11-12,23H,10,13H2,(H2,27,28,29). The van der Waals surface area contributed by atoms with Crippen LogP contribution in [0.5, 0.6) is 11.6 Å². The minimum absolute atomic E-state index is 0.0824. The van der Waals surface area contributed by atoms with Gasteiger partial charge in [-0.2, -0.15) is 0 Å². The second-order valence-corrected chi connectivity index (χ2v) is 8.10. The molecule has 4 aromatic rings. The largest absolute Gasteiger partial charge is 0.756 e. The van der Waals surface area contributed by atoms with Crippen LogP contribution in [0.3, 0.4) is 0 Å². The average molecular weight is 472 g/mol. The third-order valence-corrected chi connectivity index (χ3v) is 4.97. The summed E-state index contributed by atoms with van der Waals surface area (Å²) in [5, 5.41) is 4.03. The first-order valence-corrected chi connectivity index (χ1v) is 11.1. The molecule has 0 aliphatic heterocycles. The van der Waals surface area contributed by atoms with Gasteiger partial charge in [0.25, 0.3) is 13.6 Å². The SMILES string of the molecule is Nc1c(-c2cc(Cc3ccc(Oc4ccccc4F)nc3)no2)ccc[n+]1COP(=O)([O-])O. The first-order chi connectivity index (χ1) is 15.8. The van der Waals surface area contributed by atoms with Crippen LogP contribution in [0.1, 0.15) is 11.3 Å². The molecular formula is C21H18FN4O6P. The zero-order valence-corrected chi connectivity index (χ0v) is 17.9. The molecule has 1 atom stereocenters. The highest BCUT2D eigenvalue weighted by atomic mass is 31.2. The van der Waals surface area contributed by atoms with Gasteiger partial charge in [0.15, 0.2) is 24.1 Å². The lowest BCUT2D eigenvalue weighted by Gasteiger charge is -2.14. The van der Waals surface area contributed by atoms with Crippen molar-refractivity contribution in [1.29, 1.82) is 0 Å². The van der Waals surface area contributed by atoms with Gasteiger partial charge in [-0.3, -0.25) is 14.8 Å². The van der Waals surface area contributed by atoms with E-state index in [1.54, 1.807) is 48.7 Å². The van der Waals surface area contributed by atoms with Crippen LogP contribution < -0.4 is 19.9 Å². The molecule has 0 bridgehead atoms. The van der Waals surface area contributed by atoms with Crippen LogP contribution in [0, 0.1) is 5.82 Å². The molecule has 0 aliphatic carbocycles. The smallest absolute Gasteiger partial charge is 0.285 e. The topological polar surface area (TPSA) is 148 Å². The summed E-state index contributed by atoms with van der Waals surface area (Å²) in [7, 11) is -4.89. The summed E-state index contributed by atoms with van der Waals surface area (Å²) in [4.78, 5) is 23.8. The van der Waals surface area contributed by atoms with Crippen molar-refractivity contribution in [1.82, 2.24) is 10.1 Å². The van der Waals surface area contributed by atoms with Crippen molar-refractivity contribution in [2.45, 2.75) is 13.2 Å². The predicted octanol–water partition coefficient (Wildman–Crippen LogP) is 2.56. The average Bonchev–Trinajstić information content (AvgIpc) is 3.23. The Balaban J connectivity index is 1.45. The molecule has 170 valence electrons. The second kappa shape index (κ2) is 9.47. The first-order valence-electron chi connectivity index (χ1n) is 9.58. The maximum atomic E-state index is 13.7. The highest BCUT2D eigenvalue weighted by Crippen LogP contribution is 2.30. The zero-order valence-electron chi connectivity index (χ0n) is 17.0. The molecule has 3 N–H and O–H groups in total. The van der Waals surface area contributed by atoms with E-state index in [4.69, 9.17) is 19.9 Å². The van der Waals surface area contributed by atoms with Crippen LogP contribution in [0.2, 0.25) is 0 Å². The molecule has 3 aromatic heterocycles. The number of nitrogen functional groups attached to an aromatic ring is 1. The normalized spacial score (nSPS) is 12.9. The highest BCUT2D eigenvalue weighted by molar-refractivity contribution is 7.44. The van der Waals surface area contributed by atoms with E-state index in [0.29, 0.717) is 23.4 Å². The molecule has 3 heterocycles. The van der Waals surface area contributed by atoms with E-state index in [2.05, 4.69) is 14.7 Å². The summed E-state index contributed by atoms with van der Waals surface area (Å²) in [5.74, 6) is 0.367. The van der Waals surface area contributed by atoms with Crippen molar-refractivity contribution in [3.8, 4) is 23.0 Å². The molecule has 1 aromatic carbocycles. The van der Waals surface area contributed by atoms with Gasteiger partial charge < -0.3 is 19.0 Å². The fourth-order valence-corrected chi connectivity index (χ4v) is 3.24. The number of pyridine rings is 2. The number of halogens is 1. The Morgan fingerprint density at radius 3 is 2.76 bits per heavy atom. The van der Waals surface area contributed by atoms with Crippen molar-refractivity contribution in [2.24, 2.45) is 0 Å². The van der Waals surface area contributed by atoms with Crippen LogP contribution in [0.25, 0.3) is 11.3 Å². The molecule has 0 saturated carbocycles. The van der Waals surface area contributed by atoms with E-state index in [-0.39, 0.29) is 17.4 Å². The van der Waals surface area contributed by atoms with Crippen molar-refractivity contribution < 1.29 is 37.1 Å². The van der Waals surface area contributed by atoms with Crippen LogP contribution in [-0.4, -0.2) is 15.0 Å². The molecule has 1 unspecified atom stereocenters. The highest BCUT2D eigenvalue weighted by Gasteiger charge is 2.18. The Hall–Kier alpha value is -3.63. The van der Waals surface area contributed by atoms with Crippen molar-refractivity contribution >= 4 is 13.6 Å². The number of hydrogen-bond donors (Lipinski definition) is 2. The zero-order chi connectivity index (χ0) is 23.4. The van der Waals surface area contributed by atoms with Gasteiger partial charge in [-0.15, -0.1) is 0 Å². The minimum Gasteiger partial charge on any atom is -0.756 e. The molecule has 0 saturated heterocycles. The van der Waals surface area contributed by atoms with Gasteiger partial charge in [0, 0.05) is 24.8 Å². The maximum absolute atomic E-state index is 13.7. The molecule has 0 spiro atoms. The Kier molecular flexibility index (Phi) is 6.47. The number of benzene rings is 1. The van der Waals surface area contributed by atoms with Crippen molar-refractivity contribution in [3.05, 3.63) is 84.1 Å². The molecular weight excluding hydrogens is 454 g/mol. The summed E-state index contributed by atoms with van der Waals surface area (Å²) in [6, 6.07) is 14.4. The summed E-state index contributed by atoms with van der Waals surface area (Å²) < 4.78 is 41.0. The van der Waals surface area contributed by atoms with E-state index in [9.17, 15) is 13.8 Å². The van der Waals surface area contributed by atoms with Gasteiger partial charge in [-0.1, -0.05) is 23.4 Å². The first kappa shape index (κ1) is 22.6. The molecule has 4 rings (SSSR count). The van der Waals surface area contributed by atoms with Crippen LogP contribution in [-0.2, 0) is 22.2 Å². The van der Waals surface area contributed by atoms with Gasteiger partial charge >= 0.3 is 0 Å². The monoisotopic (exact) mass is 472 g/mol. The number of nitrogens with zero attached hydrogens (tertiary/aromatic N) is 3. The lowest BCUT2D eigenvalue weighted by molar-refractivity contribution is -0.712. The number of anilines is 1. The number of nitrogens with two attached hydrogens (primary N) is 1. The molecule has 0 radical (unpaired) electrons. The fourth-order valence-electron chi connectivity index (χ4n) is 2.97. The quantitative estimate of drug-likeness (QED) is 0.292. The summed E-state index contributed by atoms with van der Waals surface area (Å²) in [5.41, 5.74) is 7.94. The molecule has 12 heteroatoms. The number of phosphoric acid groups is 1. The number of ether oxygens (including phenoxy) is 1. The third-order valence-electron chi connectivity index (χ3n) is 4.53. The number of para-hydroxylation sites is 1. The van der Waals surface area contributed by atoms with Gasteiger partial charge in [-0.05, 0) is 29.8 Å². The maximum Gasteiger partial charge on any atom is 0.285 e. The molecule has 33 heavy (non-hydrogen) atoms. The van der Waals surface area contributed by atoms with E-state index < -0.39 is 20.4 Å². The molecule has 10 nitrogen and oxygen atoms in total. The number of aromatic nitrogens is 3. The lowest BCUT2D eigenvalue weighted by atomic mass is 10.1. The third kappa shape index (κ3) is 5.79. The number of rotatable bonds is 8. The fraction of sp³-hybridized carbons (Fsp3) is 0.0952. The van der Waals surface area contributed by atoms with E-state index >= 15 is 0 Å². The summed E-state index contributed by atoms with van der Waals surface area (Å²) in [6.07, 6.45) is 3.47. The Bertz CT molecular complexity index is 1310. The van der Waals surface area contributed by atoms with Gasteiger partial charge in [0.1, 0.15) is 5.56 Å². The molecule has 0 aliphatic rings. The Morgan fingerprint density at radius 2 is 2.03 bits per heavy atom. The van der Waals surface area contributed by atoms with Crippen molar-refractivity contribution in [2.75, 3.05) is 5.73 Å². The molecule has 0 amide bonds. The van der Waals surface area contributed by atoms with Gasteiger partial charge in [0.2, 0.25) is 5.88 Å². The summed E-state index contributed by atoms with van der Waals surface area (Å²) >= 11 is 0. The Morgan fingerprint density at radius 1 is 1.21 bits per heavy atom. The van der Waals surface area contributed by atoms with E-state index in [1.807, 2.05) is 0 Å². The van der Waals surface area contributed by atoms with E-state index in [1.165, 1.54) is 22.9 Å². The van der Waals surface area contributed by atoms with Crippen LogP contribution in [0.15, 0.2) is 71.5 Å². The number of hydrogen-bond acceptors (Lipinski definition) is 8. The lowest BCUT2D eigenvalue weighted by Crippen LogP contribution is -2.38. The number of phosphoric ester groups is 1. The van der Waals surface area contributed by atoms with Gasteiger partial charge in [0.05, 0.1) is 11.9 Å². The Labute approximate surface area is 187 Å². The summed E-state index contributed by atoms with van der Waals surface area (Å²) in [6.45, 7) is -0.495. The second-order valence-electron chi connectivity index (χ2n) is 6.90. The predicted molar refractivity (Wildman–Crippen MR) is 111 cm³/mol.